The van der Waals surface area contributed by atoms with Gasteiger partial charge in [0.15, 0.2) is 11.9 Å². The number of halogens is 1. The monoisotopic (exact) mass is 400 g/mol. The SMILES string of the molecule is CC(=O)c1cccc(OC(C)C(=O)N2CCN(Cc3cccc(Cl)c3)CC2)c1. The maximum atomic E-state index is 12.7. The van der Waals surface area contributed by atoms with Crippen LogP contribution in [0.4, 0.5) is 0 Å². The van der Waals surface area contributed by atoms with Crippen molar-refractivity contribution >= 4 is 23.3 Å². The molecule has 28 heavy (non-hydrogen) atoms. The van der Waals surface area contributed by atoms with Crippen LogP contribution in [-0.2, 0) is 11.3 Å². The minimum absolute atomic E-state index is 0.0275. The van der Waals surface area contributed by atoms with E-state index in [0.29, 0.717) is 24.4 Å². The van der Waals surface area contributed by atoms with Crippen molar-refractivity contribution < 1.29 is 14.3 Å². The fourth-order valence-corrected chi connectivity index (χ4v) is 3.53. The molecule has 1 amide bonds. The van der Waals surface area contributed by atoms with Crippen molar-refractivity contribution in [2.45, 2.75) is 26.5 Å². The van der Waals surface area contributed by atoms with Crippen LogP contribution in [0, 0.1) is 0 Å². The Morgan fingerprint density at radius 2 is 1.79 bits per heavy atom. The largest absolute Gasteiger partial charge is 0.481 e. The Labute approximate surface area is 170 Å². The molecular weight excluding hydrogens is 376 g/mol. The summed E-state index contributed by atoms with van der Waals surface area (Å²) < 4.78 is 5.78. The first-order chi connectivity index (χ1) is 13.4. The molecule has 6 heteroatoms. The molecule has 1 fully saturated rings. The predicted molar refractivity (Wildman–Crippen MR) is 110 cm³/mol. The molecule has 0 aromatic heterocycles. The molecular formula is C22H25ClN2O3. The third-order valence-corrected chi connectivity index (χ3v) is 5.12. The molecule has 3 rings (SSSR count). The molecule has 0 radical (unpaired) electrons. The summed E-state index contributed by atoms with van der Waals surface area (Å²) in [5, 5.41) is 0.742. The average Bonchev–Trinajstić information content (AvgIpc) is 2.68. The Bertz CT molecular complexity index is 847. The first kappa shape index (κ1) is 20.4. The average molecular weight is 401 g/mol. The lowest BCUT2D eigenvalue weighted by atomic mass is 10.1. The molecule has 1 heterocycles. The Hall–Kier alpha value is -2.37. The number of amides is 1. The quantitative estimate of drug-likeness (QED) is 0.694. The Morgan fingerprint density at radius 1 is 1.07 bits per heavy atom. The molecule has 1 aliphatic heterocycles. The van der Waals surface area contributed by atoms with Crippen molar-refractivity contribution in [2.24, 2.45) is 0 Å². The zero-order valence-electron chi connectivity index (χ0n) is 16.2. The molecule has 1 aliphatic rings. The van der Waals surface area contributed by atoms with Gasteiger partial charge in [0.2, 0.25) is 0 Å². The number of rotatable bonds is 6. The molecule has 1 saturated heterocycles. The van der Waals surface area contributed by atoms with Crippen LogP contribution in [0.15, 0.2) is 48.5 Å². The lowest BCUT2D eigenvalue weighted by molar-refractivity contribution is -0.139. The third-order valence-electron chi connectivity index (χ3n) is 4.88. The minimum atomic E-state index is -0.596. The van der Waals surface area contributed by atoms with Crippen molar-refractivity contribution in [1.82, 2.24) is 9.80 Å². The number of carbonyl (C=O) groups is 2. The summed E-state index contributed by atoms with van der Waals surface area (Å²) in [7, 11) is 0. The molecule has 1 atom stereocenters. The van der Waals surface area contributed by atoms with E-state index in [4.69, 9.17) is 16.3 Å². The van der Waals surface area contributed by atoms with Crippen LogP contribution in [0.2, 0.25) is 5.02 Å². The summed E-state index contributed by atoms with van der Waals surface area (Å²) in [6, 6.07) is 14.8. The van der Waals surface area contributed by atoms with Gasteiger partial charge in [-0.25, -0.2) is 0 Å². The van der Waals surface area contributed by atoms with E-state index < -0.39 is 6.10 Å². The molecule has 5 nitrogen and oxygen atoms in total. The molecule has 0 bridgehead atoms. The maximum absolute atomic E-state index is 12.7. The number of nitrogens with zero attached hydrogens (tertiary/aromatic N) is 2. The number of hydrogen-bond acceptors (Lipinski definition) is 4. The summed E-state index contributed by atoms with van der Waals surface area (Å²) in [6.45, 7) is 7.04. The highest BCUT2D eigenvalue weighted by atomic mass is 35.5. The third kappa shape index (κ3) is 5.33. The highest BCUT2D eigenvalue weighted by Crippen LogP contribution is 2.18. The zero-order valence-corrected chi connectivity index (χ0v) is 17.0. The van der Waals surface area contributed by atoms with Crippen molar-refractivity contribution in [1.29, 1.82) is 0 Å². The maximum Gasteiger partial charge on any atom is 0.263 e. The van der Waals surface area contributed by atoms with Gasteiger partial charge in [-0.2, -0.15) is 0 Å². The fourth-order valence-electron chi connectivity index (χ4n) is 3.32. The normalized spacial score (nSPS) is 15.9. The van der Waals surface area contributed by atoms with Gasteiger partial charge in [0.1, 0.15) is 5.75 Å². The van der Waals surface area contributed by atoms with Crippen LogP contribution in [0.1, 0.15) is 29.8 Å². The number of Topliss-reactive ketones (excluding diaryl/α,β-unsaturated/α-hetero) is 1. The fraction of sp³-hybridized carbons (Fsp3) is 0.364. The van der Waals surface area contributed by atoms with Gasteiger partial charge >= 0.3 is 0 Å². The van der Waals surface area contributed by atoms with Crippen LogP contribution in [0.3, 0.4) is 0 Å². The van der Waals surface area contributed by atoms with E-state index in [1.54, 1.807) is 31.2 Å². The second-order valence-electron chi connectivity index (χ2n) is 7.08. The first-order valence-electron chi connectivity index (χ1n) is 9.45. The number of carbonyl (C=O) groups excluding carboxylic acids is 2. The van der Waals surface area contributed by atoms with E-state index in [1.807, 2.05) is 23.1 Å². The smallest absolute Gasteiger partial charge is 0.263 e. The van der Waals surface area contributed by atoms with Gasteiger partial charge in [-0.1, -0.05) is 35.9 Å². The van der Waals surface area contributed by atoms with Crippen LogP contribution in [-0.4, -0.2) is 53.8 Å². The minimum Gasteiger partial charge on any atom is -0.481 e. The Kier molecular flexibility index (Phi) is 6.70. The molecule has 2 aromatic carbocycles. The summed E-state index contributed by atoms with van der Waals surface area (Å²) in [5.74, 6) is 0.476. The van der Waals surface area contributed by atoms with Gasteiger partial charge in [0, 0.05) is 43.3 Å². The van der Waals surface area contributed by atoms with E-state index in [2.05, 4.69) is 11.0 Å². The number of benzene rings is 2. The van der Waals surface area contributed by atoms with Crippen molar-refractivity contribution in [3.05, 3.63) is 64.7 Å². The Morgan fingerprint density at radius 3 is 2.46 bits per heavy atom. The predicted octanol–water partition coefficient (Wildman–Crippen LogP) is 3.65. The molecule has 0 saturated carbocycles. The van der Waals surface area contributed by atoms with Gasteiger partial charge < -0.3 is 9.64 Å². The molecule has 1 unspecified atom stereocenters. The molecule has 2 aromatic rings. The highest BCUT2D eigenvalue weighted by molar-refractivity contribution is 6.30. The topological polar surface area (TPSA) is 49.9 Å². The van der Waals surface area contributed by atoms with Crippen LogP contribution >= 0.6 is 11.6 Å². The van der Waals surface area contributed by atoms with Gasteiger partial charge in [-0.05, 0) is 43.7 Å². The first-order valence-corrected chi connectivity index (χ1v) is 9.83. The molecule has 0 spiro atoms. The summed E-state index contributed by atoms with van der Waals surface area (Å²) in [5.41, 5.74) is 1.75. The molecule has 148 valence electrons. The second kappa shape index (κ2) is 9.22. The van der Waals surface area contributed by atoms with Crippen LogP contribution in [0.25, 0.3) is 0 Å². The second-order valence-corrected chi connectivity index (χ2v) is 7.51. The lowest BCUT2D eigenvalue weighted by Crippen LogP contribution is -2.51. The number of ketones is 1. The number of piperazine rings is 1. The van der Waals surface area contributed by atoms with Crippen LogP contribution < -0.4 is 4.74 Å². The molecule has 0 aliphatic carbocycles. The highest BCUT2D eigenvalue weighted by Gasteiger charge is 2.26. The van der Waals surface area contributed by atoms with E-state index in [0.717, 1.165) is 24.7 Å². The Balaban J connectivity index is 1.51. The number of ether oxygens (including phenoxy) is 1. The van der Waals surface area contributed by atoms with Gasteiger partial charge in [-0.15, -0.1) is 0 Å². The molecule has 0 N–H and O–H groups in total. The number of hydrogen-bond donors (Lipinski definition) is 0. The van der Waals surface area contributed by atoms with Crippen LogP contribution in [0.5, 0.6) is 5.75 Å². The lowest BCUT2D eigenvalue weighted by Gasteiger charge is -2.36. The summed E-state index contributed by atoms with van der Waals surface area (Å²) in [4.78, 5) is 28.4. The van der Waals surface area contributed by atoms with E-state index in [-0.39, 0.29) is 11.7 Å². The van der Waals surface area contributed by atoms with E-state index in [1.165, 1.54) is 12.5 Å². The van der Waals surface area contributed by atoms with Crippen molar-refractivity contribution in [3.8, 4) is 5.75 Å². The van der Waals surface area contributed by atoms with E-state index >= 15 is 0 Å². The summed E-state index contributed by atoms with van der Waals surface area (Å²) in [6.07, 6.45) is -0.596. The van der Waals surface area contributed by atoms with Crippen molar-refractivity contribution in [3.63, 3.8) is 0 Å². The van der Waals surface area contributed by atoms with Gasteiger partial charge in [0.25, 0.3) is 5.91 Å². The van der Waals surface area contributed by atoms with Crippen molar-refractivity contribution in [2.75, 3.05) is 26.2 Å². The summed E-state index contributed by atoms with van der Waals surface area (Å²) >= 11 is 6.05. The zero-order chi connectivity index (χ0) is 20.1. The standard InChI is InChI=1S/C22H25ClN2O3/c1-16(26)19-6-4-8-21(14-19)28-17(2)22(27)25-11-9-24(10-12-25)15-18-5-3-7-20(23)13-18/h3-8,13-14,17H,9-12,15H2,1-2H3. The van der Waals surface area contributed by atoms with E-state index in [9.17, 15) is 9.59 Å². The van der Waals surface area contributed by atoms with Gasteiger partial charge in [0.05, 0.1) is 0 Å². The van der Waals surface area contributed by atoms with Gasteiger partial charge in [-0.3, -0.25) is 14.5 Å².